The number of hydrogen-bond donors (Lipinski definition) is 2. The molecule has 0 bridgehead atoms. The number of amides is 2. The predicted octanol–water partition coefficient (Wildman–Crippen LogP) is 1.75. The van der Waals surface area contributed by atoms with Crippen LogP contribution in [0, 0.1) is 5.92 Å². The minimum atomic E-state index is -0.693. The molecule has 1 aromatic carbocycles. The molecule has 0 heterocycles. The fraction of sp³-hybridized carbons (Fsp3) is 0.471. The van der Waals surface area contributed by atoms with Crippen molar-refractivity contribution in [2.45, 2.75) is 40.0 Å². The van der Waals surface area contributed by atoms with Crippen LogP contribution in [0.3, 0.4) is 0 Å². The van der Waals surface area contributed by atoms with Crippen molar-refractivity contribution in [3.63, 3.8) is 0 Å². The van der Waals surface area contributed by atoms with Crippen molar-refractivity contribution in [1.29, 1.82) is 0 Å². The van der Waals surface area contributed by atoms with Crippen LogP contribution in [-0.4, -0.2) is 31.1 Å². The summed E-state index contributed by atoms with van der Waals surface area (Å²) in [5.74, 6) is -0.888. The van der Waals surface area contributed by atoms with E-state index >= 15 is 0 Å². The van der Waals surface area contributed by atoms with E-state index in [1.807, 2.05) is 38.1 Å². The highest BCUT2D eigenvalue weighted by Gasteiger charge is 2.24. The molecular formula is C17H24N2O5. The molecular weight excluding hydrogens is 312 g/mol. The monoisotopic (exact) mass is 336 g/mol. The highest BCUT2D eigenvalue weighted by Crippen LogP contribution is 2.06. The van der Waals surface area contributed by atoms with Crippen molar-refractivity contribution in [2.24, 2.45) is 5.92 Å². The first-order valence-electron chi connectivity index (χ1n) is 7.66. The standard InChI is InChI=1S/C17H24N2O5/c1-11(2)15(16(21)23-4)19-17(22)18-9-13-5-7-14(8-6-13)10-24-12(3)20/h5-8,11,15H,9-10H2,1-4H3,(H2,18,19,22)/t15-/m0/s1. The van der Waals surface area contributed by atoms with Crippen molar-refractivity contribution in [3.05, 3.63) is 35.4 Å². The number of carbonyl (C=O) groups is 3. The fourth-order valence-electron chi connectivity index (χ4n) is 1.94. The summed E-state index contributed by atoms with van der Waals surface area (Å²) in [6.45, 7) is 5.54. The average molecular weight is 336 g/mol. The maximum Gasteiger partial charge on any atom is 0.328 e. The molecule has 0 fully saturated rings. The Bertz CT molecular complexity index is 569. The van der Waals surface area contributed by atoms with Gasteiger partial charge in [0.15, 0.2) is 0 Å². The van der Waals surface area contributed by atoms with Crippen LogP contribution in [0.2, 0.25) is 0 Å². The molecule has 0 aliphatic carbocycles. The second kappa shape index (κ2) is 9.54. The summed E-state index contributed by atoms with van der Waals surface area (Å²) in [6.07, 6.45) is 0. The molecule has 0 radical (unpaired) electrons. The summed E-state index contributed by atoms with van der Waals surface area (Å²) >= 11 is 0. The van der Waals surface area contributed by atoms with Gasteiger partial charge in [0.1, 0.15) is 12.6 Å². The molecule has 7 nitrogen and oxygen atoms in total. The fourth-order valence-corrected chi connectivity index (χ4v) is 1.94. The Morgan fingerprint density at radius 3 is 2.17 bits per heavy atom. The Labute approximate surface area is 141 Å². The number of rotatable bonds is 7. The van der Waals surface area contributed by atoms with E-state index in [1.165, 1.54) is 14.0 Å². The lowest BCUT2D eigenvalue weighted by atomic mass is 10.1. The van der Waals surface area contributed by atoms with Gasteiger partial charge in [-0.1, -0.05) is 38.1 Å². The number of ether oxygens (including phenoxy) is 2. The zero-order valence-corrected chi connectivity index (χ0v) is 14.4. The summed E-state index contributed by atoms with van der Waals surface area (Å²) < 4.78 is 9.58. The maximum atomic E-state index is 11.9. The molecule has 1 rings (SSSR count). The second-order valence-corrected chi connectivity index (χ2v) is 5.67. The number of urea groups is 1. The van der Waals surface area contributed by atoms with E-state index in [4.69, 9.17) is 4.74 Å². The summed E-state index contributed by atoms with van der Waals surface area (Å²) in [6, 6.07) is 6.18. The van der Waals surface area contributed by atoms with Gasteiger partial charge < -0.3 is 20.1 Å². The minimum Gasteiger partial charge on any atom is -0.467 e. The van der Waals surface area contributed by atoms with Gasteiger partial charge in [0.2, 0.25) is 0 Å². The Morgan fingerprint density at radius 2 is 1.67 bits per heavy atom. The topological polar surface area (TPSA) is 93.7 Å². The van der Waals surface area contributed by atoms with Crippen LogP contribution in [-0.2, 0) is 32.2 Å². The molecule has 0 saturated carbocycles. The van der Waals surface area contributed by atoms with Crippen molar-refractivity contribution >= 4 is 18.0 Å². The molecule has 2 N–H and O–H groups in total. The third-order valence-corrected chi connectivity index (χ3v) is 3.33. The predicted molar refractivity (Wildman–Crippen MR) is 87.9 cm³/mol. The Morgan fingerprint density at radius 1 is 1.08 bits per heavy atom. The summed E-state index contributed by atoms with van der Waals surface area (Å²) in [5, 5.41) is 5.29. The first-order chi connectivity index (χ1) is 11.3. The van der Waals surface area contributed by atoms with Gasteiger partial charge in [0, 0.05) is 13.5 Å². The summed E-state index contributed by atoms with van der Waals surface area (Å²) in [7, 11) is 1.29. The van der Waals surface area contributed by atoms with Gasteiger partial charge in [-0.05, 0) is 17.0 Å². The van der Waals surface area contributed by atoms with Crippen molar-refractivity contribution in [3.8, 4) is 0 Å². The number of nitrogens with one attached hydrogen (secondary N) is 2. The Kier molecular flexibility index (Phi) is 7.74. The van der Waals surface area contributed by atoms with E-state index in [0.29, 0.717) is 6.54 Å². The lowest BCUT2D eigenvalue weighted by Gasteiger charge is -2.20. The van der Waals surface area contributed by atoms with Gasteiger partial charge in [-0.15, -0.1) is 0 Å². The highest BCUT2D eigenvalue weighted by atomic mass is 16.5. The lowest BCUT2D eigenvalue weighted by Crippen LogP contribution is -2.48. The van der Waals surface area contributed by atoms with Gasteiger partial charge in [0.05, 0.1) is 7.11 Å². The summed E-state index contributed by atoms with van der Waals surface area (Å²) in [4.78, 5) is 34.3. The molecule has 0 saturated heterocycles. The average Bonchev–Trinajstić information content (AvgIpc) is 2.55. The van der Waals surface area contributed by atoms with Crippen LogP contribution in [0.5, 0.6) is 0 Å². The molecule has 0 spiro atoms. The van der Waals surface area contributed by atoms with Crippen molar-refractivity contribution in [1.82, 2.24) is 10.6 Å². The second-order valence-electron chi connectivity index (χ2n) is 5.67. The molecule has 1 aromatic rings. The SMILES string of the molecule is COC(=O)[C@@H](NC(=O)NCc1ccc(COC(C)=O)cc1)C(C)C. The smallest absolute Gasteiger partial charge is 0.328 e. The van der Waals surface area contributed by atoms with Crippen LogP contribution in [0.15, 0.2) is 24.3 Å². The number of methoxy groups -OCH3 is 1. The normalized spacial score (nSPS) is 11.5. The molecule has 0 aromatic heterocycles. The van der Waals surface area contributed by atoms with Gasteiger partial charge >= 0.3 is 18.0 Å². The Balaban J connectivity index is 2.48. The number of carbonyl (C=O) groups excluding carboxylic acids is 3. The largest absolute Gasteiger partial charge is 0.467 e. The third-order valence-electron chi connectivity index (χ3n) is 3.33. The molecule has 0 unspecified atom stereocenters. The molecule has 7 heteroatoms. The van der Waals surface area contributed by atoms with E-state index in [1.54, 1.807) is 0 Å². The van der Waals surface area contributed by atoms with Crippen LogP contribution in [0.1, 0.15) is 31.9 Å². The van der Waals surface area contributed by atoms with E-state index in [-0.39, 0.29) is 18.5 Å². The first kappa shape index (κ1) is 19.5. The van der Waals surface area contributed by atoms with Crippen molar-refractivity contribution < 1.29 is 23.9 Å². The van der Waals surface area contributed by atoms with E-state index in [0.717, 1.165) is 11.1 Å². The van der Waals surface area contributed by atoms with E-state index in [9.17, 15) is 14.4 Å². The van der Waals surface area contributed by atoms with Gasteiger partial charge in [0.25, 0.3) is 0 Å². The van der Waals surface area contributed by atoms with Crippen LogP contribution < -0.4 is 10.6 Å². The van der Waals surface area contributed by atoms with Crippen LogP contribution in [0.4, 0.5) is 4.79 Å². The molecule has 1 atom stereocenters. The van der Waals surface area contributed by atoms with E-state index < -0.39 is 18.0 Å². The highest BCUT2D eigenvalue weighted by molar-refractivity contribution is 5.83. The molecule has 24 heavy (non-hydrogen) atoms. The van der Waals surface area contributed by atoms with Gasteiger partial charge in [-0.2, -0.15) is 0 Å². The summed E-state index contributed by atoms with van der Waals surface area (Å²) in [5.41, 5.74) is 1.75. The molecule has 2 amide bonds. The quantitative estimate of drug-likeness (QED) is 0.740. The van der Waals surface area contributed by atoms with Crippen LogP contribution >= 0.6 is 0 Å². The number of hydrogen-bond acceptors (Lipinski definition) is 5. The first-order valence-corrected chi connectivity index (χ1v) is 7.66. The molecule has 132 valence electrons. The molecule has 0 aliphatic rings. The maximum absolute atomic E-state index is 11.9. The lowest BCUT2D eigenvalue weighted by molar-refractivity contribution is -0.144. The zero-order valence-electron chi connectivity index (χ0n) is 14.4. The molecule has 0 aliphatic heterocycles. The third kappa shape index (κ3) is 6.68. The van der Waals surface area contributed by atoms with E-state index in [2.05, 4.69) is 15.4 Å². The number of esters is 2. The van der Waals surface area contributed by atoms with Crippen molar-refractivity contribution in [2.75, 3.05) is 7.11 Å². The van der Waals surface area contributed by atoms with Crippen LogP contribution in [0.25, 0.3) is 0 Å². The minimum absolute atomic E-state index is 0.0799. The van der Waals surface area contributed by atoms with Gasteiger partial charge in [-0.25, -0.2) is 9.59 Å². The van der Waals surface area contributed by atoms with Gasteiger partial charge in [-0.3, -0.25) is 4.79 Å². The Hall–Kier alpha value is -2.57. The number of benzene rings is 1. The zero-order chi connectivity index (χ0) is 18.1.